The Morgan fingerprint density at radius 1 is 1.24 bits per heavy atom. The van der Waals surface area contributed by atoms with Gasteiger partial charge in [0.1, 0.15) is 5.75 Å². The maximum absolute atomic E-state index is 5.85. The zero-order valence-corrected chi connectivity index (χ0v) is 12.3. The largest absolute Gasteiger partial charge is 0.491 e. The zero-order valence-electron chi connectivity index (χ0n) is 12.3. The molecule has 0 aliphatic heterocycles. The van der Waals surface area contributed by atoms with Crippen molar-refractivity contribution in [3.63, 3.8) is 0 Å². The van der Waals surface area contributed by atoms with Crippen LogP contribution < -0.4 is 15.8 Å². The Balaban J connectivity index is 1.91. The van der Waals surface area contributed by atoms with Gasteiger partial charge >= 0.3 is 0 Å². The molecular formula is C16H20N4O. The van der Waals surface area contributed by atoms with E-state index in [1.165, 1.54) is 0 Å². The van der Waals surface area contributed by atoms with Gasteiger partial charge in [0.2, 0.25) is 0 Å². The summed E-state index contributed by atoms with van der Waals surface area (Å²) in [6.07, 6.45) is 1.90. The molecule has 2 rings (SSSR count). The van der Waals surface area contributed by atoms with Crippen molar-refractivity contribution in [2.45, 2.75) is 26.5 Å². The molecular weight excluding hydrogens is 264 g/mol. The average molecular weight is 284 g/mol. The molecule has 21 heavy (non-hydrogen) atoms. The predicted molar refractivity (Wildman–Crippen MR) is 85.4 cm³/mol. The van der Waals surface area contributed by atoms with Crippen LogP contribution in [0, 0.1) is 0 Å². The van der Waals surface area contributed by atoms with E-state index in [2.05, 4.69) is 15.3 Å². The Hall–Kier alpha value is -2.56. The first-order valence-corrected chi connectivity index (χ1v) is 6.87. The van der Waals surface area contributed by atoms with Gasteiger partial charge in [-0.15, -0.1) is 0 Å². The fourth-order valence-electron chi connectivity index (χ4n) is 1.73. The molecule has 5 heteroatoms. The molecule has 2 aromatic rings. The van der Waals surface area contributed by atoms with Gasteiger partial charge in [-0.3, -0.25) is 4.98 Å². The number of pyridine rings is 1. The second kappa shape index (κ2) is 7.28. The van der Waals surface area contributed by atoms with E-state index in [4.69, 9.17) is 10.5 Å². The van der Waals surface area contributed by atoms with Crippen LogP contribution in [0.5, 0.6) is 5.75 Å². The molecule has 0 aliphatic rings. The van der Waals surface area contributed by atoms with Crippen LogP contribution in [0.1, 0.15) is 19.5 Å². The van der Waals surface area contributed by atoms with Crippen LogP contribution in [0.15, 0.2) is 53.7 Å². The number of aromatic nitrogens is 1. The fraction of sp³-hybridized carbons (Fsp3) is 0.250. The fourth-order valence-corrected chi connectivity index (χ4v) is 1.73. The number of ether oxygens (including phenoxy) is 1. The molecule has 110 valence electrons. The Labute approximate surface area is 124 Å². The maximum atomic E-state index is 5.85. The summed E-state index contributed by atoms with van der Waals surface area (Å²) in [6.45, 7) is 4.44. The van der Waals surface area contributed by atoms with Crippen molar-refractivity contribution in [3.8, 4) is 5.75 Å². The van der Waals surface area contributed by atoms with Crippen molar-refractivity contribution in [3.05, 3.63) is 54.4 Å². The predicted octanol–water partition coefficient (Wildman–Crippen LogP) is 2.80. The molecule has 0 saturated heterocycles. The molecule has 0 atom stereocenters. The number of aliphatic imine (C=N–C) groups is 1. The van der Waals surface area contributed by atoms with Crippen LogP contribution >= 0.6 is 0 Å². The number of hydrogen-bond acceptors (Lipinski definition) is 3. The molecule has 3 N–H and O–H groups in total. The van der Waals surface area contributed by atoms with Gasteiger partial charge in [0, 0.05) is 11.9 Å². The molecule has 5 nitrogen and oxygen atoms in total. The van der Waals surface area contributed by atoms with Crippen molar-refractivity contribution in [2.24, 2.45) is 10.7 Å². The van der Waals surface area contributed by atoms with Crippen molar-refractivity contribution < 1.29 is 4.74 Å². The normalized spacial score (nSPS) is 11.5. The standard InChI is InChI=1S/C16H20N4O/c1-12(2)21-15-8-6-13(7-9-15)20-16(17)19-11-14-5-3-4-10-18-14/h3-10,12H,11H2,1-2H3,(H3,17,19,20). The Kier molecular flexibility index (Phi) is 5.15. The van der Waals surface area contributed by atoms with Gasteiger partial charge in [0.05, 0.1) is 18.3 Å². The van der Waals surface area contributed by atoms with E-state index in [9.17, 15) is 0 Å². The SMILES string of the molecule is CC(C)Oc1ccc(NC(N)=NCc2ccccn2)cc1. The molecule has 0 saturated carbocycles. The lowest BCUT2D eigenvalue weighted by Crippen LogP contribution is -2.22. The van der Waals surface area contributed by atoms with Crippen molar-refractivity contribution in [1.82, 2.24) is 4.98 Å². The lowest BCUT2D eigenvalue weighted by Gasteiger charge is -2.10. The summed E-state index contributed by atoms with van der Waals surface area (Å²) in [5.41, 5.74) is 7.60. The van der Waals surface area contributed by atoms with Crippen LogP contribution in [-0.4, -0.2) is 17.0 Å². The minimum atomic E-state index is 0.161. The van der Waals surface area contributed by atoms with Crippen LogP contribution in [0.25, 0.3) is 0 Å². The van der Waals surface area contributed by atoms with Crippen LogP contribution in [0.4, 0.5) is 5.69 Å². The topological polar surface area (TPSA) is 72.5 Å². The van der Waals surface area contributed by atoms with Crippen molar-refractivity contribution in [2.75, 3.05) is 5.32 Å². The summed E-state index contributed by atoms with van der Waals surface area (Å²) in [4.78, 5) is 8.44. The first kappa shape index (κ1) is 14.8. The monoisotopic (exact) mass is 284 g/mol. The number of nitrogens with one attached hydrogen (secondary N) is 1. The first-order valence-electron chi connectivity index (χ1n) is 6.87. The van der Waals surface area contributed by atoms with E-state index in [1.54, 1.807) is 6.20 Å². The summed E-state index contributed by atoms with van der Waals surface area (Å²) >= 11 is 0. The first-order chi connectivity index (χ1) is 10.1. The molecule has 0 bridgehead atoms. The number of rotatable bonds is 5. The minimum absolute atomic E-state index is 0.161. The molecule has 0 aliphatic carbocycles. The molecule has 1 aromatic carbocycles. The Bertz CT molecular complexity index is 579. The van der Waals surface area contributed by atoms with E-state index in [0.29, 0.717) is 12.5 Å². The number of nitrogens with two attached hydrogens (primary N) is 1. The van der Waals surface area contributed by atoms with Gasteiger partial charge < -0.3 is 15.8 Å². The van der Waals surface area contributed by atoms with Crippen molar-refractivity contribution >= 4 is 11.6 Å². The quantitative estimate of drug-likeness (QED) is 0.654. The van der Waals surface area contributed by atoms with E-state index in [-0.39, 0.29) is 6.10 Å². The molecule has 1 aromatic heterocycles. The highest BCUT2D eigenvalue weighted by Crippen LogP contribution is 2.16. The van der Waals surface area contributed by atoms with Gasteiger partial charge in [0.25, 0.3) is 0 Å². The van der Waals surface area contributed by atoms with Gasteiger partial charge in [-0.1, -0.05) is 6.07 Å². The molecule has 0 unspecified atom stereocenters. The van der Waals surface area contributed by atoms with Gasteiger partial charge in [0.15, 0.2) is 5.96 Å². The van der Waals surface area contributed by atoms with Gasteiger partial charge in [-0.2, -0.15) is 0 Å². The third-order valence-electron chi connectivity index (χ3n) is 2.64. The van der Waals surface area contributed by atoms with Crippen molar-refractivity contribution in [1.29, 1.82) is 0 Å². The lowest BCUT2D eigenvalue weighted by atomic mass is 10.3. The van der Waals surface area contributed by atoms with Gasteiger partial charge in [-0.25, -0.2) is 4.99 Å². The summed E-state index contributed by atoms with van der Waals surface area (Å²) in [6, 6.07) is 13.3. The third-order valence-corrected chi connectivity index (χ3v) is 2.64. The maximum Gasteiger partial charge on any atom is 0.193 e. The van der Waals surface area contributed by atoms with E-state index < -0.39 is 0 Å². The van der Waals surface area contributed by atoms with E-state index in [0.717, 1.165) is 17.1 Å². The Morgan fingerprint density at radius 2 is 2.00 bits per heavy atom. The summed E-state index contributed by atoms with van der Waals surface area (Å²) in [5, 5.41) is 3.04. The smallest absolute Gasteiger partial charge is 0.193 e. The highest BCUT2D eigenvalue weighted by molar-refractivity contribution is 5.92. The molecule has 0 amide bonds. The number of anilines is 1. The number of hydrogen-bond donors (Lipinski definition) is 2. The Morgan fingerprint density at radius 3 is 2.62 bits per heavy atom. The molecule has 1 heterocycles. The van der Waals surface area contributed by atoms with Gasteiger partial charge in [-0.05, 0) is 50.2 Å². The highest BCUT2D eigenvalue weighted by atomic mass is 16.5. The second-order valence-electron chi connectivity index (χ2n) is 4.84. The lowest BCUT2D eigenvalue weighted by molar-refractivity contribution is 0.242. The van der Waals surface area contributed by atoms with Crippen LogP contribution in [-0.2, 0) is 6.54 Å². The minimum Gasteiger partial charge on any atom is -0.491 e. The molecule has 0 radical (unpaired) electrons. The number of nitrogens with zero attached hydrogens (tertiary/aromatic N) is 2. The summed E-state index contributed by atoms with van der Waals surface area (Å²) in [7, 11) is 0. The molecule has 0 spiro atoms. The highest BCUT2D eigenvalue weighted by Gasteiger charge is 1.99. The summed E-state index contributed by atoms with van der Waals surface area (Å²) in [5.74, 6) is 1.19. The van der Waals surface area contributed by atoms with Crippen LogP contribution in [0.3, 0.4) is 0 Å². The average Bonchev–Trinajstić information content (AvgIpc) is 2.48. The number of benzene rings is 1. The third kappa shape index (κ3) is 5.14. The van der Waals surface area contributed by atoms with E-state index >= 15 is 0 Å². The summed E-state index contributed by atoms with van der Waals surface area (Å²) < 4.78 is 5.58. The van der Waals surface area contributed by atoms with Crippen LogP contribution in [0.2, 0.25) is 0 Å². The zero-order chi connectivity index (χ0) is 15.1. The second-order valence-corrected chi connectivity index (χ2v) is 4.84. The molecule has 0 fully saturated rings. The van der Waals surface area contributed by atoms with E-state index in [1.807, 2.05) is 56.3 Å². The number of guanidine groups is 1.